The molecular weight excluding hydrogens is 280 g/mol. The standard InChI is InChI=1S/C17H24N2O3/c20-12-14-3-1-2-8-19(14)9-10-22-15-5-6-16-13(11-15)4-7-17(21)18-16/h5-6,11,14,20H,1-4,7-10,12H2,(H,18,21)/t14-/m1/s1. The summed E-state index contributed by atoms with van der Waals surface area (Å²) in [5.41, 5.74) is 2.04. The summed E-state index contributed by atoms with van der Waals surface area (Å²) < 4.78 is 5.86. The number of anilines is 1. The van der Waals surface area contributed by atoms with Gasteiger partial charge in [0.05, 0.1) is 6.61 Å². The van der Waals surface area contributed by atoms with Gasteiger partial charge in [0, 0.05) is 24.7 Å². The second kappa shape index (κ2) is 7.11. The molecule has 5 heteroatoms. The first-order valence-corrected chi connectivity index (χ1v) is 8.17. The zero-order chi connectivity index (χ0) is 15.4. The summed E-state index contributed by atoms with van der Waals surface area (Å²) in [4.78, 5) is 13.7. The molecule has 3 rings (SSSR count). The number of benzene rings is 1. The van der Waals surface area contributed by atoms with E-state index in [9.17, 15) is 9.90 Å². The molecule has 1 fully saturated rings. The third kappa shape index (κ3) is 3.59. The van der Waals surface area contributed by atoms with Crippen LogP contribution in [0.4, 0.5) is 5.69 Å². The molecule has 0 aromatic heterocycles. The van der Waals surface area contributed by atoms with Crippen LogP contribution in [-0.2, 0) is 11.2 Å². The van der Waals surface area contributed by atoms with Gasteiger partial charge in [0.15, 0.2) is 0 Å². The minimum absolute atomic E-state index is 0.0845. The molecular formula is C17H24N2O3. The Bertz CT molecular complexity index is 533. The molecule has 0 aliphatic carbocycles. The number of ether oxygens (including phenoxy) is 1. The van der Waals surface area contributed by atoms with Gasteiger partial charge in [-0.25, -0.2) is 0 Å². The van der Waals surface area contributed by atoms with Crippen LogP contribution in [0.15, 0.2) is 18.2 Å². The molecule has 1 aromatic carbocycles. The van der Waals surface area contributed by atoms with Gasteiger partial charge in [-0.1, -0.05) is 6.42 Å². The molecule has 1 amide bonds. The molecule has 2 aliphatic heterocycles. The van der Waals surface area contributed by atoms with Crippen LogP contribution in [0, 0.1) is 0 Å². The summed E-state index contributed by atoms with van der Waals surface area (Å²) in [7, 11) is 0. The second-order valence-electron chi connectivity index (χ2n) is 6.08. The van der Waals surface area contributed by atoms with E-state index >= 15 is 0 Å². The van der Waals surface area contributed by atoms with Crippen LogP contribution in [0.3, 0.4) is 0 Å². The lowest BCUT2D eigenvalue weighted by molar-refractivity contribution is -0.116. The summed E-state index contributed by atoms with van der Waals surface area (Å²) in [6.07, 6.45) is 4.81. The molecule has 120 valence electrons. The number of nitrogens with zero attached hydrogens (tertiary/aromatic N) is 1. The molecule has 1 atom stereocenters. The van der Waals surface area contributed by atoms with Crippen molar-refractivity contribution in [1.82, 2.24) is 4.90 Å². The maximum Gasteiger partial charge on any atom is 0.224 e. The highest BCUT2D eigenvalue weighted by atomic mass is 16.5. The van der Waals surface area contributed by atoms with Crippen molar-refractivity contribution in [2.45, 2.75) is 38.1 Å². The monoisotopic (exact) mass is 304 g/mol. The zero-order valence-electron chi connectivity index (χ0n) is 12.9. The lowest BCUT2D eigenvalue weighted by Gasteiger charge is -2.34. The highest BCUT2D eigenvalue weighted by Gasteiger charge is 2.21. The number of aliphatic hydroxyl groups is 1. The maximum absolute atomic E-state index is 11.3. The van der Waals surface area contributed by atoms with Crippen LogP contribution in [0.5, 0.6) is 5.75 Å². The summed E-state index contributed by atoms with van der Waals surface area (Å²) in [5, 5.41) is 12.3. The average Bonchev–Trinajstić information content (AvgIpc) is 2.55. The van der Waals surface area contributed by atoms with Crippen molar-refractivity contribution in [1.29, 1.82) is 0 Å². The summed E-state index contributed by atoms with van der Waals surface area (Å²) in [6, 6.07) is 6.13. The van der Waals surface area contributed by atoms with E-state index in [2.05, 4.69) is 10.2 Å². The third-order valence-corrected chi connectivity index (χ3v) is 4.58. The fraction of sp³-hybridized carbons (Fsp3) is 0.588. The molecule has 2 heterocycles. The van der Waals surface area contributed by atoms with Gasteiger partial charge in [0.25, 0.3) is 0 Å². The van der Waals surface area contributed by atoms with Crippen molar-refractivity contribution in [3.05, 3.63) is 23.8 Å². The van der Waals surface area contributed by atoms with Gasteiger partial charge in [0.2, 0.25) is 5.91 Å². The Balaban J connectivity index is 1.52. The third-order valence-electron chi connectivity index (χ3n) is 4.58. The van der Waals surface area contributed by atoms with Gasteiger partial charge < -0.3 is 15.2 Å². The lowest BCUT2D eigenvalue weighted by atomic mass is 10.0. The molecule has 1 aromatic rings. The average molecular weight is 304 g/mol. The zero-order valence-corrected chi connectivity index (χ0v) is 12.9. The van der Waals surface area contributed by atoms with Crippen LogP contribution in [-0.4, -0.2) is 48.3 Å². The molecule has 5 nitrogen and oxygen atoms in total. The highest BCUT2D eigenvalue weighted by molar-refractivity contribution is 5.93. The number of fused-ring (bicyclic) bond motifs is 1. The summed E-state index contributed by atoms with van der Waals surface area (Å²) >= 11 is 0. The topological polar surface area (TPSA) is 61.8 Å². The van der Waals surface area contributed by atoms with Gasteiger partial charge in [-0.2, -0.15) is 0 Å². The largest absolute Gasteiger partial charge is 0.492 e. The second-order valence-corrected chi connectivity index (χ2v) is 6.08. The number of piperidine rings is 1. The van der Waals surface area contributed by atoms with Crippen LogP contribution in [0.25, 0.3) is 0 Å². The first kappa shape index (κ1) is 15.3. The Labute approximate surface area is 131 Å². The number of likely N-dealkylation sites (tertiary alicyclic amines) is 1. The van der Waals surface area contributed by atoms with E-state index in [1.165, 1.54) is 12.8 Å². The van der Waals surface area contributed by atoms with Crippen molar-refractivity contribution in [2.75, 3.05) is 31.6 Å². The fourth-order valence-electron chi connectivity index (χ4n) is 3.29. The molecule has 2 N–H and O–H groups in total. The summed E-state index contributed by atoms with van der Waals surface area (Å²) in [6.45, 7) is 2.75. The number of nitrogens with one attached hydrogen (secondary N) is 1. The molecule has 0 bridgehead atoms. The fourth-order valence-corrected chi connectivity index (χ4v) is 3.29. The van der Waals surface area contributed by atoms with Crippen molar-refractivity contribution in [2.24, 2.45) is 0 Å². The van der Waals surface area contributed by atoms with Crippen LogP contribution >= 0.6 is 0 Å². The van der Waals surface area contributed by atoms with Crippen molar-refractivity contribution in [3.8, 4) is 5.75 Å². The minimum Gasteiger partial charge on any atom is -0.492 e. The minimum atomic E-state index is 0.0845. The molecule has 0 spiro atoms. The van der Waals surface area contributed by atoms with E-state index in [1.54, 1.807) is 0 Å². The lowest BCUT2D eigenvalue weighted by Crippen LogP contribution is -2.43. The van der Waals surface area contributed by atoms with Crippen molar-refractivity contribution >= 4 is 11.6 Å². The number of hydrogen-bond acceptors (Lipinski definition) is 4. The van der Waals surface area contributed by atoms with E-state index in [4.69, 9.17) is 4.74 Å². The van der Waals surface area contributed by atoms with E-state index in [1.807, 2.05) is 18.2 Å². The SMILES string of the molecule is O=C1CCc2cc(OCCN3CCCC[C@@H]3CO)ccc2N1. The van der Waals surface area contributed by atoms with E-state index in [-0.39, 0.29) is 18.6 Å². The first-order chi connectivity index (χ1) is 10.8. The van der Waals surface area contributed by atoms with Crippen LogP contribution in [0.1, 0.15) is 31.2 Å². The Kier molecular flexibility index (Phi) is 4.95. The smallest absolute Gasteiger partial charge is 0.224 e. The van der Waals surface area contributed by atoms with E-state index in [0.717, 1.165) is 42.9 Å². The molecule has 0 saturated carbocycles. The normalized spacial score (nSPS) is 22.0. The molecule has 2 aliphatic rings. The van der Waals surface area contributed by atoms with Gasteiger partial charge in [-0.15, -0.1) is 0 Å². The number of aliphatic hydroxyl groups excluding tert-OH is 1. The Morgan fingerprint density at radius 1 is 1.32 bits per heavy atom. The molecule has 22 heavy (non-hydrogen) atoms. The van der Waals surface area contributed by atoms with E-state index < -0.39 is 0 Å². The van der Waals surface area contributed by atoms with Gasteiger partial charge in [-0.3, -0.25) is 9.69 Å². The molecule has 1 saturated heterocycles. The molecule has 0 unspecified atom stereocenters. The van der Waals surface area contributed by atoms with Gasteiger partial charge in [-0.05, 0) is 49.6 Å². The van der Waals surface area contributed by atoms with Gasteiger partial charge >= 0.3 is 0 Å². The number of aryl methyl sites for hydroxylation is 1. The Morgan fingerprint density at radius 2 is 2.23 bits per heavy atom. The quantitative estimate of drug-likeness (QED) is 0.871. The first-order valence-electron chi connectivity index (χ1n) is 8.17. The van der Waals surface area contributed by atoms with E-state index in [0.29, 0.717) is 13.0 Å². The van der Waals surface area contributed by atoms with Crippen molar-refractivity contribution in [3.63, 3.8) is 0 Å². The number of amides is 1. The number of hydrogen-bond donors (Lipinski definition) is 2. The van der Waals surface area contributed by atoms with Crippen LogP contribution < -0.4 is 10.1 Å². The van der Waals surface area contributed by atoms with Crippen molar-refractivity contribution < 1.29 is 14.6 Å². The van der Waals surface area contributed by atoms with Crippen LogP contribution in [0.2, 0.25) is 0 Å². The highest BCUT2D eigenvalue weighted by Crippen LogP contribution is 2.26. The number of rotatable bonds is 5. The number of carbonyl (C=O) groups is 1. The van der Waals surface area contributed by atoms with Gasteiger partial charge in [0.1, 0.15) is 12.4 Å². The predicted molar refractivity (Wildman–Crippen MR) is 85.2 cm³/mol. The predicted octanol–water partition coefficient (Wildman–Crippen LogP) is 1.80. The number of carbonyl (C=O) groups excluding carboxylic acids is 1. The molecule has 0 radical (unpaired) electrons. The Hall–Kier alpha value is -1.59. The summed E-state index contributed by atoms with van der Waals surface area (Å²) in [5.74, 6) is 0.939. The Morgan fingerprint density at radius 3 is 3.09 bits per heavy atom. The maximum atomic E-state index is 11.3.